The van der Waals surface area contributed by atoms with Gasteiger partial charge in [0.25, 0.3) is 0 Å². The minimum atomic E-state index is -0.268. The van der Waals surface area contributed by atoms with Crippen molar-refractivity contribution in [2.45, 2.75) is 38.3 Å². The fourth-order valence-electron chi connectivity index (χ4n) is 2.66. The molecule has 1 heterocycles. The van der Waals surface area contributed by atoms with Crippen LogP contribution in [-0.4, -0.2) is 31.1 Å². The van der Waals surface area contributed by atoms with Crippen molar-refractivity contribution in [3.05, 3.63) is 29.6 Å². The standard InChI is InChI=1S/C15H23FN2O/c1-11(17)14-10-12(16)5-6-15(14)19-9-7-13-4-3-8-18(13)2/h5-6,10-11,13H,3-4,7-9,17H2,1-2H3. The van der Waals surface area contributed by atoms with Crippen LogP contribution in [0.4, 0.5) is 4.39 Å². The Kier molecular flexibility index (Phi) is 4.77. The van der Waals surface area contributed by atoms with Gasteiger partial charge in [0.1, 0.15) is 11.6 Å². The lowest BCUT2D eigenvalue weighted by molar-refractivity contribution is 0.231. The number of hydrogen-bond acceptors (Lipinski definition) is 3. The summed E-state index contributed by atoms with van der Waals surface area (Å²) in [4.78, 5) is 2.38. The lowest BCUT2D eigenvalue weighted by Gasteiger charge is -2.20. The van der Waals surface area contributed by atoms with E-state index >= 15 is 0 Å². The first-order valence-corrected chi connectivity index (χ1v) is 6.96. The van der Waals surface area contributed by atoms with Crippen molar-refractivity contribution in [3.8, 4) is 5.75 Å². The summed E-state index contributed by atoms with van der Waals surface area (Å²) in [5.74, 6) is 0.437. The number of benzene rings is 1. The highest BCUT2D eigenvalue weighted by molar-refractivity contribution is 5.36. The maximum atomic E-state index is 13.2. The number of nitrogens with zero attached hydrogens (tertiary/aromatic N) is 1. The van der Waals surface area contributed by atoms with E-state index in [4.69, 9.17) is 10.5 Å². The van der Waals surface area contributed by atoms with Crippen molar-refractivity contribution in [1.29, 1.82) is 0 Å². The average Bonchev–Trinajstić information content (AvgIpc) is 2.77. The van der Waals surface area contributed by atoms with Crippen molar-refractivity contribution in [2.75, 3.05) is 20.2 Å². The van der Waals surface area contributed by atoms with E-state index in [2.05, 4.69) is 11.9 Å². The number of rotatable bonds is 5. The van der Waals surface area contributed by atoms with E-state index in [1.165, 1.54) is 31.5 Å². The Hall–Kier alpha value is -1.13. The normalized spacial score (nSPS) is 21.6. The van der Waals surface area contributed by atoms with Crippen LogP contribution in [-0.2, 0) is 0 Å². The zero-order chi connectivity index (χ0) is 13.8. The Bertz CT molecular complexity index is 423. The number of nitrogens with two attached hydrogens (primary N) is 1. The van der Waals surface area contributed by atoms with Gasteiger partial charge in [-0.2, -0.15) is 0 Å². The summed E-state index contributed by atoms with van der Waals surface area (Å²) in [6.45, 7) is 3.67. The summed E-state index contributed by atoms with van der Waals surface area (Å²) >= 11 is 0. The molecule has 3 nitrogen and oxygen atoms in total. The lowest BCUT2D eigenvalue weighted by Crippen LogP contribution is -2.26. The van der Waals surface area contributed by atoms with Crippen LogP contribution < -0.4 is 10.5 Å². The predicted octanol–water partition coefficient (Wildman–Crippen LogP) is 2.71. The number of halogens is 1. The van der Waals surface area contributed by atoms with Gasteiger partial charge in [-0.25, -0.2) is 4.39 Å². The zero-order valence-corrected chi connectivity index (χ0v) is 11.7. The molecule has 2 rings (SSSR count). The molecule has 0 amide bonds. The minimum Gasteiger partial charge on any atom is -0.493 e. The average molecular weight is 266 g/mol. The number of hydrogen-bond donors (Lipinski definition) is 1. The highest BCUT2D eigenvalue weighted by atomic mass is 19.1. The van der Waals surface area contributed by atoms with Crippen molar-refractivity contribution in [1.82, 2.24) is 4.90 Å². The Morgan fingerprint density at radius 1 is 1.53 bits per heavy atom. The molecule has 0 spiro atoms. The van der Waals surface area contributed by atoms with Crippen LogP contribution in [0.2, 0.25) is 0 Å². The zero-order valence-electron chi connectivity index (χ0n) is 11.7. The summed E-state index contributed by atoms with van der Waals surface area (Å²) in [7, 11) is 2.16. The van der Waals surface area contributed by atoms with E-state index in [1.54, 1.807) is 6.07 Å². The van der Waals surface area contributed by atoms with Gasteiger partial charge in [-0.1, -0.05) is 0 Å². The molecule has 1 aromatic carbocycles. The summed E-state index contributed by atoms with van der Waals surface area (Å²) in [5, 5.41) is 0. The summed E-state index contributed by atoms with van der Waals surface area (Å²) in [5.41, 5.74) is 6.58. The van der Waals surface area contributed by atoms with Gasteiger partial charge in [0.05, 0.1) is 6.61 Å². The van der Waals surface area contributed by atoms with Crippen LogP contribution in [0, 0.1) is 5.82 Å². The van der Waals surface area contributed by atoms with Crippen LogP contribution in [0.3, 0.4) is 0 Å². The first-order valence-electron chi connectivity index (χ1n) is 6.96. The molecular weight excluding hydrogens is 243 g/mol. The van der Waals surface area contributed by atoms with E-state index < -0.39 is 0 Å². The molecule has 2 atom stereocenters. The molecule has 0 bridgehead atoms. The molecule has 1 aliphatic heterocycles. The van der Waals surface area contributed by atoms with Crippen LogP contribution in [0.25, 0.3) is 0 Å². The summed E-state index contributed by atoms with van der Waals surface area (Å²) < 4.78 is 19.0. The SMILES string of the molecule is CC(N)c1cc(F)ccc1OCCC1CCCN1C. The van der Waals surface area contributed by atoms with E-state index in [0.29, 0.717) is 18.4 Å². The molecule has 0 radical (unpaired) electrons. The van der Waals surface area contributed by atoms with Gasteiger partial charge in [-0.05, 0) is 58.0 Å². The summed E-state index contributed by atoms with van der Waals surface area (Å²) in [6.07, 6.45) is 3.51. The Labute approximate surface area is 114 Å². The van der Waals surface area contributed by atoms with Gasteiger partial charge in [0, 0.05) is 17.6 Å². The molecular formula is C15H23FN2O. The Morgan fingerprint density at radius 2 is 2.32 bits per heavy atom. The van der Waals surface area contributed by atoms with E-state index in [9.17, 15) is 4.39 Å². The third-order valence-corrected chi connectivity index (χ3v) is 3.84. The minimum absolute atomic E-state index is 0.222. The molecule has 4 heteroatoms. The molecule has 1 saturated heterocycles. The van der Waals surface area contributed by atoms with E-state index in [-0.39, 0.29) is 11.9 Å². The van der Waals surface area contributed by atoms with Crippen molar-refractivity contribution < 1.29 is 9.13 Å². The quantitative estimate of drug-likeness (QED) is 0.890. The highest BCUT2D eigenvalue weighted by Gasteiger charge is 2.20. The maximum absolute atomic E-state index is 13.2. The number of ether oxygens (including phenoxy) is 1. The molecule has 1 aliphatic rings. The molecule has 1 fully saturated rings. The van der Waals surface area contributed by atoms with Crippen LogP contribution in [0.15, 0.2) is 18.2 Å². The lowest BCUT2D eigenvalue weighted by atomic mass is 10.1. The third kappa shape index (κ3) is 3.67. The van der Waals surface area contributed by atoms with Crippen LogP contribution in [0.5, 0.6) is 5.75 Å². The largest absolute Gasteiger partial charge is 0.493 e. The van der Waals surface area contributed by atoms with E-state index in [0.717, 1.165) is 12.0 Å². The fraction of sp³-hybridized carbons (Fsp3) is 0.600. The summed E-state index contributed by atoms with van der Waals surface area (Å²) in [6, 6.07) is 4.94. The first-order chi connectivity index (χ1) is 9.08. The Morgan fingerprint density at radius 3 is 2.95 bits per heavy atom. The molecule has 0 aromatic heterocycles. The van der Waals surface area contributed by atoms with Gasteiger partial charge in [0.2, 0.25) is 0 Å². The first kappa shape index (κ1) is 14.3. The maximum Gasteiger partial charge on any atom is 0.124 e. The highest BCUT2D eigenvalue weighted by Crippen LogP contribution is 2.25. The van der Waals surface area contributed by atoms with Crippen molar-refractivity contribution in [3.63, 3.8) is 0 Å². The molecule has 0 saturated carbocycles. The van der Waals surface area contributed by atoms with Crippen LogP contribution >= 0.6 is 0 Å². The van der Waals surface area contributed by atoms with E-state index in [1.807, 2.05) is 6.92 Å². The fourth-order valence-corrected chi connectivity index (χ4v) is 2.66. The smallest absolute Gasteiger partial charge is 0.124 e. The molecule has 2 unspecified atom stereocenters. The Balaban J connectivity index is 1.92. The van der Waals surface area contributed by atoms with Crippen LogP contribution in [0.1, 0.15) is 37.8 Å². The molecule has 2 N–H and O–H groups in total. The van der Waals surface area contributed by atoms with Gasteiger partial charge >= 0.3 is 0 Å². The molecule has 1 aromatic rings. The van der Waals surface area contributed by atoms with Gasteiger partial charge in [-0.15, -0.1) is 0 Å². The molecule has 0 aliphatic carbocycles. The van der Waals surface area contributed by atoms with Crippen molar-refractivity contribution in [2.24, 2.45) is 5.73 Å². The molecule has 106 valence electrons. The monoisotopic (exact) mass is 266 g/mol. The van der Waals surface area contributed by atoms with Crippen molar-refractivity contribution >= 4 is 0 Å². The topological polar surface area (TPSA) is 38.5 Å². The predicted molar refractivity (Wildman–Crippen MR) is 74.8 cm³/mol. The third-order valence-electron chi connectivity index (χ3n) is 3.84. The van der Waals surface area contributed by atoms with Gasteiger partial charge in [-0.3, -0.25) is 0 Å². The number of likely N-dealkylation sites (tertiary alicyclic amines) is 1. The second-order valence-corrected chi connectivity index (χ2v) is 5.38. The van der Waals surface area contributed by atoms with Gasteiger partial charge < -0.3 is 15.4 Å². The van der Waals surface area contributed by atoms with Gasteiger partial charge in [0.15, 0.2) is 0 Å². The second kappa shape index (κ2) is 6.35. The second-order valence-electron chi connectivity index (χ2n) is 5.38. The molecule has 19 heavy (non-hydrogen) atoms.